The lowest BCUT2D eigenvalue weighted by Gasteiger charge is -1.96. The van der Waals surface area contributed by atoms with Gasteiger partial charge in [-0.05, 0) is 37.1 Å². The summed E-state index contributed by atoms with van der Waals surface area (Å²) in [5.41, 5.74) is 4.09. The molecular weight excluding hydrogens is 312 g/mol. The molecule has 0 spiro atoms. The molecule has 0 radical (unpaired) electrons. The highest BCUT2D eigenvalue weighted by Gasteiger charge is 2.14. The summed E-state index contributed by atoms with van der Waals surface area (Å²) in [5.74, 6) is 0. The van der Waals surface area contributed by atoms with Crippen LogP contribution in [0.4, 0.5) is 0 Å². The number of fused-ring (bicyclic) bond motifs is 1. The first-order chi connectivity index (χ1) is 10.7. The Bertz CT molecular complexity index is 830. The molecule has 22 heavy (non-hydrogen) atoms. The first kappa shape index (κ1) is 13.5. The second-order valence-corrected chi connectivity index (χ2v) is 7.04. The van der Waals surface area contributed by atoms with E-state index in [2.05, 4.69) is 19.9 Å². The van der Waals surface area contributed by atoms with Gasteiger partial charge in [0.1, 0.15) is 10.0 Å². The molecule has 0 amide bonds. The van der Waals surface area contributed by atoms with Gasteiger partial charge in [0.05, 0.1) is 11.4 Å². The van der Waals surface area contributed by atoms with Gasteiger partial charge in [0.2, 0.25) is 0 Å². The van der Waals surface area contributed by atoms with Crippen molar-refractivity contribution in [2.45, 2.75) is 13.8 Å². The lowest BCUT2D eigenvalue weighted by molar-refractivity contribution is 1.26. The van der Waals surface area contributed by atoms with E-state index in [0.29, 0.717) is 0 Å². The van der Waals surface area contributed by atoms with Crippen LogP contribution in [0.2, 0.25) is 0 Å². The Kier molecular flexibility index (Phi) is 3.20. The normalized spacial score (nSPS) is 11.2. The van der Waals surface area contributed by atoms with Crippen LogP contribution in [0.1, 0.15) is 11.1 Å². The van der Waals surface area contributed by atoms with Crippen molar-refractivity contribution >= 4 is 32.3 Å². The molecular formula is C16H12N4S2. The number of pyridine rings is 2. The molecule has 0 aliphatic carbocycles. The zero-order valence-electron chi connectivity index (χ0n) is 12.1. The smallest absolute Gasteiger partial charge is 0.156 e. The fourth-order valence-corrected chi connectivity index (χ4v) is 4.05. The number of hydrogen-bond donors (Lipinski definition) is 0. The van der Waals surface area contributed by atoms with Gasteiger partial charge >= 0.3 is 0 Å². The van der Waals surface area contributed by atoms with E-state index in [9.17, 15) is 0 Å². The van der Waals surface area contributed by atoms with Crippen LogP contribution in [0.25, 0.3) is 31.1 Å². The molecule has 4 rings (SSSR count). The molecule has 4 nitrogen and oxygen atoms in total. The number of hydrogen-bond acceptors (Lipinski definition) is 6. The van der Waals surface area contributed by atoms with Gasteiger partial charge in [0.15, 0.2) is 9.66 Å². The number of rotatable bonds is 2. The average Bonchev–Trinajstić information content (AvgIpc) is 3.07. The minimum Gasteiger partial charge on any atom is -0.253 e. The summed E-state index contributed by atoms with van der Waals surface area (Å²) in [6.07, 6.45) is 3.72. The van der Waals surface area contributed by atoms with E-state index in [1.807, 2.05) is 50.5 Å². The van der Waals surface area contributed by atoms with Crippen molar-refractivity contribution < 1.29 is 0 Å². The predicted molar refractivity (Wildman–Crippen MR) is 91.2 cm³/mol. The largest absolute Gasteiger partial charge is 0.253 e. The third kappa shape index (κ3) is 2.40. The van der Waals surface area contributed by atoms with Crippen molar-refractivity contribution in [3.05, 3.63) is 47.8 Å². The fraction of sp³-hybridized carbons (Fsp3) is 0.125. The van der Waals surface area contributed by atoms with E-state index in [1.54, 1.807) is 22.7 Å². The van der Waals surface area contributed by atoms with Crippen molar-refractivity contribution in [3.63, 3.8) is 0 Å². The Hall–Kier alpha value is -2.18. The monoisotopic (exact) mass is 324 g/mol. The van der Waals surface area contributed by atoms with Crippen LogP contribution < -0.4 is 0 Å². The lowest BCUT2D eigenvalue weighted by Crippen LogP contribution is -1.83. The van der Waals surface area contributed by atoms with Crippen LogP contribution in [-0.4, -0.2) is 19.9 Å². The average molecular weight is 324 g/mol. The molecule has 0 aliphatic heterocycles. The zero-order valence-corrected chi connectivity index (χ0v) is 13.7. The summed E-state index contributed by atoms with van der Waals surface area (Å²) >= 11 is 3.15. The highest BCUT2D eigenvalue weighted by Crippen LogP contribution is 2.35. The summed E-state index contributed by atoms with van der Waals surface area (Å²) in [5, 5.41) is 1.83. The van der Waals surface area contributed by atoms with Crippen molar-refractivity contribution in [2.75, 3.05) is 0 Å². The molecule has 0 aromatic carbocycles. The summed E-state index contributed by atoms with van der Waals surface area (Å²) in [6, 6.07) is 8.10. The standard InChI is InChI=1S/C16H12N4S2/c1-9-3-5-11(17-7-9)13-19-15-16(21-13)20-14(22-15)12-6-4-10(2)8-18-12/h3-8H,1-2H3. The zero-order chi connectivity index (χ0) is 15.1. The quantitative estimate of drug-likeness (QED) is 0.545. The Morgan fingerprint density at radius 1 is 0.682 bits per heavy atom. The molecule has 0 N–H and O–H groups in total. The molecule has 108 valence electrons. The van der Waals surface area contributed by atoms with E-state index in [4.69, 9.17) is 0 Å². The Balaban J connectivity index is 1.73. The molecule has 4 heterocycles. The van der Waals surface area contributed by atoms with Crippen LogP contribution in [0.5, 0.6) is 0 Å². The molecule has 0 bridgehead atoms. The maximum atomic E-state index is 4.66. The highest BCUT2D eigenvalue weighted by atomic mass is 32.1. The highest BCUT2D eigenvalue weighted by molar-refractivity contribution is 7.29. The lowest BCUT2D eigenvalue weighted by atomic mass is 10.3. The maximum Gasteiger partial charge on any atom is 0.156 e. The van der Waals surface area contributed by atoms with Gasteiger partial charge in [0, 0.05) is 12.4 Å². The fourth-order valence-electron chi connectivity index (χ4n) is 2.05. The van der Waals surface area contributed by atoms with Gasteiger partial charge in [-0.15, -0.1) is 0 Å². The van der Waals surface area contributed by atoms with Crippen molar-refractivity contribution in [1.82, 2.24) is 19.9 Å². The van der Waals surface area contributed by atoms with E-state index in [0.717, 1.165) is 42.2 Å². The summed E-state index contributed by atoms with van der Waals surface area (Å²) in [6.45, 7) is 4.05. The molecule has 0 unspecified atom stereocenters. The number of nitrogens with zero attached hydrogens (tertiary/aromatic N) is 4. The number of thiazole rings is 2. The van der Waals surface area contributed by atoms with Crippen LogP contribution in [0.15, 0.2) is 36.7 Å². The molecule has 4 aromatic heterocycles. The molecule has 0 aliphatic rings. The second kappa shape index (κ2) is 5.23. The summed E-state index contributed by atoms with van der Waals surface area (Å²) in [4.78, 5) is 20.1. The minimum atomic E-state index is 0.899. The van der Waals surface area contributed by atoms with Crippen LogP contribution in [0, 0.1) is 13.8 Å². The SMILES string of the molecule is Cc1ccc(-c2nc3sc(-c4ccc(C)cn4)nc3s2)nc1. The van der Waals surface area contributed by atoms with E-state index < -0.39 is 0 Å². The van der Waals surface area contributed by atoms with Gasteiger partial charge in [-0.2, -0.15) is 0 Å². The Labute approximate surface area is 135 Å². The summed E-state index contributed by atoms with van der Waals surface area (Å²) < 4.78 is 0. The van der Waals surface area contributed by atoms with Crippen molar-refractivity contribution in [2.24, 2.45) is 0 Å². The molecule has 0 saturated carbocycles. The van der Waals surface area contributed by atoms with Gasteiger partial charge in [-0.3, -0.25) is 9.97 Å². The van der Waals surface area contributed by atoms with Crippen LogP contribution in [-0.2, 0) is 0 Å². The van der Waals surface area contributed by atoms with Gasteiger partial charge in [-0.1, -0.05) is 34.8 Å². The second-order valence-electron chi connectivity index (χ2n) is 5.09. The number of aryl methyl sites for hydroxylation is 2. The predicted octanol–water partition coefficient (Wildman–Crippen LogP) is 4.49. The molecule has 0 atom stereocenters. The Morgan fingerprint density at radius 2 is 1.14 bits per heavy atom. The van der Waals surface area contributed by atoms with Crippen LogP contribution >= 0.6 is 22.7 Å². The maximum absolute atomic E-state index is 4.66. The van der Waals surface area contributed by atoms with E-state index >= 15 is 0 Å². The number of aromatic nitrogens is 4. The van der Waals surface area contributed by atoms with Gasteiger partial charge < -0.3 is 0 Å². The molecule has 6 heteroatoms. The van der Waals surface area contributed by atoms with Gasteiger partial charge in [0.25, 0.3) is 0 Å². The first-order valence-electron chi connectivity index (χ1n) is 6.82. The Morgan fingerprint density at radius 3 is 1.50 bits per heavy atom. The summed E-state index contributed by atoms with van der Waals surface area (Å²) in [7, 11) is 0. The topological polar surface area (TPSA) is 51.6 Å². The van der Waals surface area contributed by atoms with E-state index in [-0.39, 0.29) is 0 Å². The van der Waals surface area contributed by atoms with Crippen LogP contribution in [0.3, 0.4) is 0 Å². The third-order valence-electron chi connectivity index (χ3n) is 3.24. The van der Waals surface area contributed by atoms with Gasteiger partial charge in [-0.25, -0.2) is 9.97 Å². The van der Waals surface area contributed by atoms with Crippen molar-refractivity contribution in [3.8, 4) is 21.4 Å². The molecule has 4 aromatic rings. The first-order valence-corrected chi connectivity index (χ1v) is 8.46. The molecule has 0 saturated heterocycles. The van der Waals surface area contributed by atoms with E-state index in [1.165, 1.54) is 0 Å². The minimum absolute atomic E-state index is 0.899. The molecule has 0 fully saturated rings. The third-order valence-corrected chi connectivity index (χ3v) is 5.31. The van der Waals surface area contributed by atoms with Crippen molar-refractivity contribution in [1.29, 1.82) is 0 Å².